The van der Waals surface area contributed by atoms with Gasteiger partial charge in [-0.1, -0.05) is 29.8 Å². The third-order valence-corrected chi connectivity index (χ3v) is 5.61. The van der Waals surface area contributed by atoms with Crippen LogP contribution in [0.1, 0.15) is 43.7 Å². The molecular formula is C21H31N3O3. The zero-order valence-electron chi connectivity index (χ0n) is 16.4. The highest BCUT2D eigenvalue weighted by molar-refractivity contribution is 5.84. The van der Waals surface area contributed by atoms with Crippen molar-refractivity contribution in [2.75, 3.05) is 26.2 Å². The second kappa shape index (κ2) is 8.74. The van der Waals surface area contributed by atoms with Crippen LogP contribution >= 0.6 is 0 Å². The molecule has 2 aliphatic rings. The van der Waals surface area contributed by atoms with Crippen LogP contribution < -0.4 is 10.6 Å². The van der Waals surface area contributed by atoms with E-state index in [9.17, 15) is 9.59 Å². The molecule has 3 amide bonds. The zero-order valence-corrected chi connectivity index (χ0v) is 16.4. The van der Waals surface area contributed by atoms with Crippen LogP contribution in [0.5, 0.6) is 0 Å². The van der Waals surface area contributed by atoms with E-state index >= 15 is 0 Å². The number of amides is 3. The number of ether oxygens (including phenoxy) is 1. The lowest BCUT2D eigenvalue weighted by Crippen LogP contribution is -2.54. The van der Waals surface area contributed by atoms with Gasteiger partial charge in [-0.15, -0.1) is 0 Å². The Morgan fingerprint density at radius 2 is 2.00 bits per heavy atom. The topological polar surface area (TPSA) is 70.7 Å². The quantitative estimate of drug-likeness (QED) is 0.833. The van der Waals surface area contributed by atoms with E-state index in [4.69, 9.17) is 4.74 Å². The molecule has 2 saturated heterocycles. The van der Waals surface area contributed by atoms with Crippen LogP contribution in [0.15, 0.2) is 24.3 Å². The van der Waals surface area contributed by atoms with Gasteiger partial charge in [-0.3, -0.25) is 4.79 Å². The van der Waals surface area contributed by atoms with Crippen LogP contribution in [-0.4, -0.2) is 49.2 Å². The van der Waals surface area contributed by atoms with Crippen LogP contribution in [0.2, 0.25) is 0 Å². The number of rotatable bonds is 5. The Morgan fingerprint density at radius 1 is 1.22 bits per heavy atom. The number of hydrogen-bond donors (Lipinski definition) is 2. The van der Waals surface area contributed by atoms with Gasteiger partial charge < -0.3 is 20.3 Å². The Morgan fingerprint density at radius 3 is 2.70 bits per heavy atom. The molecule has 2 N–H and O–H groups in total. The van der Waals surface area contributed by atoms with Crippen molar-refractivity contribution in [1.82, 2.24) is 15.5 Å². The first kappa shape index (κ1) is 19.7. The van der Waals surface area contributed by atoms with Gasteiger partial charge in [-0.05, 0) is 45.1 Å². The van der Waals surface area contributed by atoms with Crippen molar-refractivity contribution >= 4 is 11.9 Å². The van der Waals surface area contributed by atoms with Crippen LogP contribution in [0, 0.1) is 12.3 Å². The number of urea groups is 1. The van der Waals surface area contributed by atoms with Gasteiger partial charge in [0.05, 0.1) is 11.5 Å². The monoisotopic (exact) mass is 373 g/mol. The Hall–Kier alpha value is -2.08. The number of piperidine rings is 1. The summed E-state index contributed by atoms with van der Waals surface area (Å²) in [7, 11) is 0. The number of nitrogens with one attached hydrogen (secondary N) is 2. The Labute approximate surface area is 161 Å². The molecule has 0 spiro atoms. The molecule has 1 aromatic rings. The minimum absolute atomic E-state index is 0.0136. The van der Waals surface area contributed by atoms with Gasteiger partial charge in [-0.25, -0.2) is 4.79 Å². The molecule has 0 aromatic heterocycles. The second-order valence-electron chi connectivity index (χ2n) is 8.08. The number of benzene rings is 1. The van der Waals surface area contributed by atoms with Crippen molar-refractivity contribution in [3.8, 4) is 0 Å². The van der Waals surface area contributed by atoms with Crippen molar-refractivity contribution in [3.05, 3.63) is 35.4 Å². The van der Waals surface area contributed by atoms with E-state index in [1.807, 2.05) is 38.1 Å². The number of hydrogen-bond acceptors (Lipinski definition) is 3. The third kappa shape index (κ3) is 5.22. The maximum absolute atomic E-state index is 12.8. The summed E-state index contributed by atoms with van der Waals surface area (Å²) in [5.41, 5.74) is 1.73. The summed E-state index contributed by atoms with van der Waals surface area (Å²) in [4.78, 5) is 27.1. The van der Waals surface area contributed by atoms with Gasteiger partial charge in [-0.2, -0.15) is 0 Å². The molecule has 2 heterocycles. The van der Waals surface area contributed by atoms with Crippen molar-refractivity contribution in [2.45, 2.75) is 52.2 Å². The summed E-state index contributed by atoms with van der Waals surface area (Å²) < 4.78 is 5.55. The number of carbonyl (C=O) groups excluding carboxylic acids is 2. The molecule has 27 heavy (non-hydrogen) atoms. The second-order valence-corrected chi connectivity index (χ2v) is 8.08. The molecule has 2 aliphatic heterocycles. The van der Waals surface area contributed by atoms with Gasteiger partial charge in [0.1, 0.15) is 0 Å². The SMILES string of the molecule is Cc1ccc(CNC(=O)C2(C)CCCN(C(=O)NCC3CCCO3)C2)cc1. The molecule has 6 heteroatoms. The van der Waals surface area contributed by atoms with Crippen LogP contribution in [0.4, 0.5) is 4.79 Å². The summed E-state index contributed by atoms with van der Waals surface area (Å²) in [6.07, 6.45) is 3.82. The van der Waals surface area contributed by atoms with E-state index in [-0.39, 0.29) is 18.0 Å². The van der Waals surface area contributed by atoms with Crippen molar-refractivity contribution < 1.29 is 14.3 Å². The molecule has 3 rings (SSSR count). The first-order chi connectivity index (χ1) is 13.0. The highest BCUT2D eigenvalue weighted by Crippen LogP contribution is 2.30. The molecule has 0 saturated carbocycles. The average molecular weight is 373 g/mol. The van der Waals surface area contributed by atoms with Crippen molar-refractivity contribution in [2.24, 2.45) is 5.41 Å². The fourth-order valence-electron chi connectivity index (χ4n) is 3.82. The molecule has 0 aliphatic carbocycles. The predicted octanol–water partition coefficient (Wildman–Crippen LogP) is 2.60. The van der Waals surface area contributed by atoms with Crippen molar-refractivity contribution in [3.63, 3.8) is 0 Å². The smallest absolute Gasteiger partial charge is 0.317 e. The number of aryl methyl sites for hydroxylation is 1. The van der Waals surface area contributed by atoms with E-state index < -0.39 is 5.41 Å². The summed E-state index contributed by atoms with van der Waals surface area (Å²) in [5.74, 6) is 0.0136. The Kier molecular flexibility index (Phi) is 6.37. The molecule has 1 aromatic carbocycles. The summed E-state index contributed by atoms with van der Waals surface area (Å²) in [5, 5.41) is 6.01. The van der Waals surface area contributed by atoms with E-state index in [0.717, 1.165) is 37.9 Å². The first-order valence-corrected chi connectivity index (χ1v) is 9.94. The molecule has 0 bridgehead atoms. The fourth-order valence-corrected chi connectivity index (χ4v) is 3.82. The zero-order chi connectivity index (χ0) is 19.3. The van der Waals surface area contributed by atoms with Gasteiger partial charge in [0.2, 0.25) is 5.91 Å². The molecule has 2 unspecified atom stereocenters. The lowest BCUT2D eigenvalue weighted by atomic mass is 9.81. The summed E-state index contributed by atoms with van der Waals surface area (Å²) >= 11 is 0. The van der Waals surface area contributed by atoms with Crippen LogP contribution in [-0.2, 0) is 16.1 Å². The third-order valence-electron chi connectivity index (χ3n) is 5.61. The Balaban J connectivity index is 1.50. The molecule has 0 radical (unpaired) electrons. The minimum atomic E-state index is -0.551. The molecule has 2 atom stereocenters. The molecule has 6 nitrogen and oxygen atoms in total. The standard InChI is InChI=1S/C21H31N3O3/c1-16-6-8-17(9-7-16)13-22-19(25)21(2)10-4-11-24(15-21)20(26)23-14-18-5-3-12-27-18/h6-9,18H,3-5,10-15H2,1-2H3,(H,22,25)(H,23,26). The van der Waals surface area contributed by atoms with Gasteiger partial charge in [0, 0.05) is 32.8 Å². The normalized spacial score (nSPS) is 25.3. The maximum Gasteiger partial charge on any atom is 0.317 e. The lowest BCUT2D eigenvalue weighted by Gasteiger charge is -2.39. The minimum Gasteiger partial charge on any atom is -0.376 e. The highest BCUT2D eigenvalue weighted by Gasteiger charge is 2.39. The van der Waals surface area contributed by atoms with Crippen LogP contribution in [0.3, 0.4) is 0 Å². The van der Waals surface area contributed by atoms with E-state index in [0.29, 0.717) is 26.2 Å². The Bertz CT molecular complexity index is 655. The average Bonchev–Trinajstić information content (AvgIpc) is 3.19. The first-order valence-electron chi connectivity index (χ1n) is 9.94. The summed E-state index contributed by atoms with van der Waals surface area (Å²) in [6.45, 7) is 6.98. The molecule has 148 valence electrons. The molecular weight excluding hydrogens is 342 g/mol. The van der Waals surface area contributed by atoms with Crippen molar-refractivity contribution in [1.29, 1.82) is 0 Å². The maximum atomic E-state index is 12.8. The van der Waals surface area contributed by atoms with Gasteiger partial charge in [0.15, 0.2) is 0 Å². The lowest BCUT2D eigenvalue weighted by molar-refractivity contribution is -0.132. The number of likely N-dealkylation sites (tertiary alicyclic amines) is 1. The van der Waals surface area contributed by atoms with Gasteiger partial charge >= 0.3 is 6.03 Å². The van der Waals surface area contributed by atoms with E-state index in [1.54, 1.807) is 4.90 Å². The largest absolute Gasteiger partial charge is 0.376 e. The van der Waals surface area contributed by atoms with Gasteiger partial charge in [0.25, 0.3) is 0 Å². The van der Waals surface area contributed by atoms with E-state index in [2.05, 4.69) is 10.6 Å². The highest BCUT2D eigenvalue weighted by atomic mass is 16.5. The fraction of sp³-hybridized carbons (Fsp3) is 0.619. The summed E-state index contributed by atoms with van der Waals surface area (Å²) in [6, 6.07) is 8.06. The number of carbonyl (C=O) groups is 2. The predicted molar refractivity (Wildman–Crippen MR) is 104 cm³/mol. The van der Waals surface area contributed by atoms with E-state index in [1.165, 1.54) is 5.56 Å². The molecule has 2 fully saturated rings. The van der Waals surface area contributed by atoms with Crippen LogP contribution in [0.25, 0.3) is 0 Å². The number of nitrogens with zero attached hydrogens (tertiary/aromatic N) is 1.